The summed E-state index contributed by atoms with van der Waals surface area (Å²) in [5.74, 6) is 0. The van der Waals surface area contributed by atoms with Crippen molar-refractivity contribution in [1.29, 1.82) is 0 Å². The van der Waals surface area contributed by atoms with Crippen molar-refractivity contribution in [3.63, 3.8) is 0 Å². The molecule has 0 fully saturated rings. The van der Waals surface area contributed by atoms with E-state index in [0.29, 0.717) is 11.4 Å². The molecule has 0 spiro atoms. The molecule has 2 aromatic carbocycles. The second-order valence-electron chi connectivity index (χ2n) is 5.27. The molecule has 0 bridgehead atoms. The molecule has 0 radical (unpaired) electrons. The molecular formula is C17H11N4+. The standard InChI is InChI=1S/C17H11N4/c1-11-4-5-12-9-20-10-13-6-7-14(18-2)16(19-3)17(13)21(20)15(12)8-11/h4-8,10H,9H2,1H3/q+1. The molecule has 0 saturated carbocycles. The normalized spacial score (nSPS) is 11.8. The number of rotatable bonds is 0. The van der Waals surface area contributed by atoms with Crippen LogP contribution in [0.1, 0.15) is 11.1 Å². The summed E-state index contributed by atoms with van der Waals surface area (Å²) in [6.07, 6.45) is 2.05. The first kappa shape index (κ1) is 11.7. The van der Waals surface area contributed by atoms with Crippen molar-refractivity contribution in [2.75, 3.05) is 0 Å². The first-order chi connectivity index (χ1) is 10.2. The predicted octanol–water partition coefficient (Wildman–Crippen LogP) is 3.69. The molecule has 1 aromatic heterocycles. The molecular weight excluding hydrogens is 260 g/mol. The Morgan fingerprint density at radius 2 is 2.00 bits per heavy atom. The summed E-state index contributed by atoms with van der Waals surface area (Å²) in [5, 5.41) is 1.00. The zero-order valence-electron chi connectivity index (χ0n) is 11.5. The second kappa shape index (κ2) is 3.94. The van der Waals surface area contributed by atoms with Gasteiger partial charge in [0.1, 0.15) is 11.2 Å². The highest BCUT2D eigenvalue weighted by atomic mass is 15.4. The SMILES string of the molecule is [C-]#[N+]c1ccc2c[n+]3n(c2c1[N+]#[C-])-c1cc(C)ccc1C3. The van der Waals surface area contributed by atoms with Crippen molar-refractivity contribution in [1.82, 2.24) is 4.68 Å². The lowest BCUT2D eigenvalue weighted by molar-refractivity contribution is -0.749. The van der Waals surface area contributed by atoms with Gasteiger partial charge in [-0.15, -0.1) is 9.36 Å². The zero-order chi connectivity index (χ0) is 14.6. The molecule has 1 aliphatic rings. The van der Waals surface area contributed by atoms with E-state index in [2.05, 4.69) is 44.2 Å². The van der Waals surface area contributed by atoms with Crippen LogP contribution in [0.25, 0.3) is 26.3 Å². The van der Waals surface area contributed by atoms with Gasteiger partial charge in [0.25, 0.3) is 0 Å². The topological polar surface area (TPSA) is 17.5 Å². The molecule has 0 aliphatic carbocycles. The van der Waals surface area contributed by atoms with Crippen molar-refractivity contribution in [2.45, 2.75) is 13.5 Å². The summed E-state index contributed by atoms with van der Waals surface area (Å²) >= 11 is 0. The minimum Gasteiger partial charge on any atom is -0.250 e. The number of benzene rings is 2. The summed E-state index contributed by atoms with van der Waals surface area (Å²) in [4.78, 5) is 7.10. The number of aromatic nitrogens is 2. The molecule has 1 aliphatic heterocycles. The minimum absolute atomic E-state index is 0.417. The maximum Gasteiger partial charge on any atom is 0.224 e. The van der Waals surface area contributed by atoms with E-state index in [1.807, 2.05) is 12.3 Å². The Balaban J connectivity index is 2.17. The Morgan fingerprint density at radius 3 is 2.76 bits per heavy atom. The van der Waals surface area contributed by atoms with Crippen molar-refractivity contribution >= 4 is 22.3 Å². The van der Waals surface area contributed by atoms with Gasteiger partial charge in [0.15, 0.2) is 12.2 Å². The number of hydrogen-bond donors (Lipinski definition) is 0. The van der Waals surface area contributed by atoms with Gasteiger partial charge in [0, 0.05) is 5.56 Å². The Kier molecular flexibility index (Phi) is 2.20. The summed E-state index contributed by atoms with van der Waals surface area (Å²) in [7, 11) is 0. The van der Waals surface area contributed by atoms with Crippen LogP contribution in [0.15, 0.2) is 36.5 Å². The van der Waals surface area contributed by atoms with Crippen LogP contribution >= 0.6 is 0 Å². The highest BCUT2D eigenvalue weighted by Crippen LogP contribution is 2.38. The van der Waals surface area contributed by atoms with Gasteiger partial charge in [-0.3, -0.25) is 4.85 Å². The quantitative estimate of drug-likeness (QED) is 0.343. The maximum atomic E-state index is 7.46. The van der Waals surface area contributed by atoms with Crippen LogP contribution in [0, 0.1) is 20.1 Å². The highest BCUT2D eigenvalue weighted by molar-refractivity contribution is 5.99. The van der Waals surface area contributed by atoms with E-state index >= 15 is 0 Å². The second-order valence-corrected chi connectivity index (χ2v) is 5.27. The van der Waals surface area contributed by atoms with Crippen molar-refractivity contribution in [3.05, 3.63) is 70.5 Å². The van der Waals surface area contributed by atoms with Crippen molar-refractivity contribution in [3.8, 4) is 5.69 Å². The lowest BCUT2D eigenvalue weighted by Crippen LogP contribution is -2.36. The molecule has 3 aromatic rings. The Labute approximate surface area is 122 Å². The number of nitrogens with zero attached hydrogens (tertiary/aromatic N) is 4. The van der Waals surface area contributed by atoms with Gasteiger partial charge < -0.3 is 0 Å². The van der Waals surface area contributed by atoms with Crippen LogP contribution in [-0.2, 0) is 6.54 Å². The molecule has 4 nitrogen and oxygen atoms in total. The molecule has 4 heteroatoms. The first-order valence-electron chi connectivity index (χ1n) is 6.66. The molecule has 4 rings (SSSR count). The van der Waals surface area contributed by atoms with Gasteiger partial charge in [0.05, 0.1) is 18.5 Å². The van der Waals surface area contributed by atoms with Crippen LogP contribution in [0.5, 0.6) is 0 Å². The predicted molar refractivity (Wildman–Crippen MR) is 79.8 cm³/mol. The van der Waals surface area contributed by atoms with Gasteiger partial charge in [-0.2, -0.15) is 0 Å². The van der Waals surface area contributed by atoms with Gasteiger partial charge >= 0.3 is 0 Å². The molecule has 21 heavy (non-hydrogen) atoms. The third kappa shape index (κ3) is 1.45. The van der Waals surface area contributed by atoms with E-state index in [0.717, 1.165) is 23.1 Å². The lowest BCUT2D eigenvalue weighted by Gasteiger charge is -2.02. The van der Waals surface area contributed by atoms with Crippen LogP contribution in [0.4, 0.5) is 11.4 Å². The third-order valence-electron chi connectivity index (χ3n) is 3.95. The molecule has 0 N–H and O–H groups in total. The molecule has 0 amide bonds. The van der Waals surface area contributed by atoms with Gasteiger partial charge in [-0.05, 0) is 18.6 Å². The van der Waals surface area contributed by atoms with Crippen LogP contribution in [-0.4, -0.2) is 4.68 Å². The number of hydrogen-bond acceptors (Lipinski definition) is 0. The number of fused-ring (bicyclic) bond motifs is 5. The van der Waals surface area contributed by atoms with E-state index in [9.17, 15) is 0 Å². The molecule has 2 heterocycles. The summed E-state index contributed by atoms with van der Waals surface area (Å²) in [6, 6.07) is 10.0. The molecule has 98 valence electrons. The van der Waals surface area contributed by atoms with Crippen molar-refractivity contribution < 1.29 is 4.68 Å². The highest BCUT2D eigenvalue weighted by Gasteiger charge is 2.30. The Bertz CT molecular complexity index is 996. The van der Waals surface area contributed by atoms with Crippen LogP contribution in [0.3, 0.4) is 0 Å². The Morgan fingerprint density at radius 1 is 1.14 bits per heavy atom. The van der Waals surface area contributed by atoms with Gasteiger partial charge in [-0.1, -0.05) is 24.3 Å². The first-order valence-corrected chi connectivity index (χ1v) is 6.66. The zero-order valence-corrected chi connectivity index (χ0v) is 11.5. The maximum absolute atomic E-state index is 7.46. The van der Waals surface area contributed by atoms with Crippen molar-refractivity contribution in [2.24, 2.45) is 0 Å². The van der Waals surface area contributed by atoms with Gasteiger partial charge in [0.2, 0.25) is 11.9 Å². The average molecular weight is 271 g/mol. The molecule has 0 unspecified atom stereocenters. The van der Waals surface area contributed by atoms with E-state index in [1.54, 1.807) is 6.07 Å². The van der Waals surface area contributed by atoms with E-state index in [1.165, 1.54) is 11.1 Å². The largest absolute Gasteiger partial charge is 0.250 e. The lowest BCUT2D eigenvalue weighted by atomic mass is 10.1. The minimum atomic E-state index is 0.417. The van der Waals surface area contributed by atoms with E-state index in [4.69, 9.17) is 13.1 Å². The fraction of sp³-hybridized carbons (Fsp3) is 0.118. The van der Waals surface area contributed by atoms with Crippen LogP contribution in [0.2, 0.25) is 0 Å². The summed E-state index contributed by atoms with van der Waals surface area (Å²) in [6.45, 7) is 17.6. The summed E-state index contributed by atoms with van der Waals surface area (Å²) in [5.41, 5.74) is 5.23. The fourth-order valence-electron chi connectivity index (χ4n) is 3.01. The van der Waals surface area contributed by atoms with E-state index in [-0.39, 0.29) is 0 Å². The van der Waals surface area contributed by atoms with Crippen LogP contribution < -0.4 is 4.68 Å². The third-order valence-corrected chi connectivity index (χ3v) is 3.95. The molecule has 0 atom stereocenters. The Hall–Kier alpha value is -3.11. The average Bonchev–Trinajstić information content (AvgIpc) is 3.01. The monoisotopic (exact) mass is 271 g/mol. The van der Waals surface area contributed by atoms with E-state index < -0.39 is 0 Å². The molecule has 0 saturated heterocycles. The number of aryl methyl sites for hydroxylation is 1. The smallest absolute Gasteiger partial charge is 0.224 e. The fourth-order valence-corrected chi connectivity index (χ4v) is 3.01. The van der Waals surface area contributed by atoms with Gasteiger partial charge in [-0.25, -0.2) is 4.85 Å². The summed E-state index contributed by atoms with van der Waals surface area (Å²) < 4.78 is 4.18.